The Bertz CT molecular complexity index is 688. The number of hydrogen-bond donors (Lipinski definition) is 2. The van der Waals surface area contributed by atoms with Crippen molar-refractivity contribution < 1.29 is 18.7 Å². The molecule has 2 atom stereocenters. The van der Waals surface area contributed by atoms with Crippen LogP contribution in [-0.2, 0) is 4.74 Å². The topological polar surface area (TPSA) is 59.6 Å². The van der Waals surface area contributed by atoms with Crippen molar-refractivity contribution in [2.24, 2.45) is 0 Å². The Morgan fingerprint density at radius 2 is 1.83 bits per heavy atom. The summed E-state index contributed by atoms with van der Waals surface area (Å²) in [4.78, 5) is 12.1. The number of anilines is 1. The molecule has 2 N–H and O–H groups in total. The second-order valence-corrected chi connectivity index (χ2v) is 5.63. The molecule has 1 heterocycles. The summed E-state index contributed by atoms with van der Waals surface area (Å²) in [5.41, 5.74) is 1.62. The molecular weight excluding hydrogens is 311 g/mol. The Labute approximate surface area is 139 Å². The van der Waals surface area contributed by atoms with E-state index in [1.54, 1.807) is 7.11 Å². The maximum Gasteiger partial charge on any atom is 0.319 e. The lowest BCUT2D eigenvalue weighted by molar-refractivity contribution is 0.187. The van der Waals surface area contributed by atoms with Gasteiger partial charge in [0.1, 0.15) is 11.6 Å². The van der Waals surface area contributed by atoms with Crippen LogP contribution in [-0.4, -0.2) is 32.4 Å². The number of carbonyl (C=O) groups excluding carboxylic acids is 1. The standard InChI is InChI=1S/C18H19FN2O3/c1-23-15-8-2-12(3-9-15)16-10-24-11-17(16)21-18(22)20-14-6-4-13(19)5-7-14/h2-9,16-17H,10-11H2,1H3,(H2,20,21,22)/t16-,17-/m1/s1. The summed E-state index contributed by atoms with van der Waals surface area (Å²) in [6.07, 6.45) is 0. The first-order chi connectivity index (χ1) is 11.7. The fraction of sp³-hybridized carbons (Fsp3) is 0.278. The fourth-order valence-electron chi connectivity index (χ4n) is 2.74. The van der Waals surface area contributed by atoms with Gasteiger partial charge in [0, 0.05) is 11.6 Å². The van der Waals surface area contributed by atoms with Crippen LogP contribution >= 0.6 is 0 Å². The zero-order chi connectivity index (χ0) is 16.9. The molecule has 0 saturated carbocycles. The van der Waals surface area contributed by atoms with Crippen molar-refractivity contribution in [3.63, 3.8) is 0 Å². The number of methoxy groups -OCH3 is 1. The molecule has 1 aliphatic heterocycles. The van der Waals surface area contributed by atoms with Crippen LogP contribution in [0.15, 0.2) is 48.5 Å². The Morgan fingerprint density at radius 1 is 1.12 bits per heavy atom. The van der Waals surface area contributed by atoms with Gasteiger partial charge in [0.05, 0.1) is 26.4 Å². The highest BCUT2D eigenvalue weighted by Crippen LogP contribution is 2.27. The van der Waals surface area contributed by atoms with E-state index in [4.69, 9.17) is 9.47 Å². The molecule has 0 radical (unpaired) electrons. The second-order valence-electron chi connectivity index (χ2n) is 5.63. The molecule has 0 unspecified atom stereocenters. The summed E-state index contributed by atoms with van der Waals surface area (Å²) >= 11 is 0. The third-order valence-corrected chi connectivity index (χ3v) is 4.04. The van der Waals surface area contributed by atoms with Gasteiger partial charge < -0.3 is 20.1 Å². The molecular formula is C18H19FN2O3. The van der Waals surface area contributed by atoms with Crippen LogP contribution in [0.5, 0.6) is 5.75 Å². The summed E-state index contributed by atoms with van der Waals surface area (Å²) in [6.45, 7) is 1.00. The van der Waals surface area contributed by atoms with Crippen molar-refractivity contribution in [2.75, 3.05) is 25.6 Å². The summed E-state index contributed by atoms with van der Waals surface area (Å²) < 4.78 is 23.6. The van der Waals surface area contributed by atoms with E-state index >= 15 is 0 Å². The van der Waals surface area contributed by atoms with Crippen LogP contribution in [0.2, 0.25) is 0 Å². The maximum atomic E-state index is 12.9. The first-order valence-electron chi connectivity index (χ1n) is 7.70. The van der Waals surface area contributed by atoms with Crippen molar-refractivity contribution in [3.8, 4) is 5.75 Å². The Hall–Kier alpha value is -2.60. The number of rotatable bonds is 4. The molecule has 6 heteroatoms. The third kappa shape index (κ3) is 3.83. The average molecular weight is 330 g/mol. The minimum absolute atomic E-state index is 0.0786. The first-order valence-corrected chi connectivity index (χ1v) is 7.70. The smallest absolute Gasteiger partial charge is 0.319 e. The van der Waals surface area contributed by atoms with Crippen LogP contribution in [0.4, 0.5) is 14.9 Å². The summed E-state index contributed by atoms with van der Waals surface area (Å²) in [5.74, 6) is 0.524. The fourth-order valence-corrected chi connectivity index (χ4v) is 2.74. The average Bonchev–Trinajstić information content (AvgIpc) is 3.05. The monoisotopic (exact) mass is 330 g/mol. The van der Waals surface area contributed by atoms with Gasteiger partial charge in [-0.05, 0) is 42.0 Å². The van der Waals surface area contributed by atoms with E-state index in [1.807, 2.05) is 24.3 Å². The number of carbonyl (C=O) groups is 1. The lowest BCUT2D eigenvalue weighted by atomic mass is 9.94. The minimum Gasteiger partial charge on any atom is -0.497 e. The largest absolute Gasteiger partial charge is 0.497 e. The van der Waals surface area contributed by atoms with E-state index in [2.05, 4.69) is 10.6 Å². The number of urea groups is 1. The van der Waals surface area contributed by atoms with Gasteiger partial charge in [0.15, 0.2) is 0 Å². The van der Waals surface area contributed by atoms with Crippen LogP contribution in [0.3, 0.4) is 0 Å². The number of benzene rings is 2. The van der Waals surface area contributed by atoms with Gasteiger partial charge in [0.25, 0.3) is 0 Å². The lowest BCUT2D eigenvalue weighted by Gasteiger charge is -2.20. The van der Waals surface area contributed by atoms with Crippen molar-refractivity contribution in [3.05, 3.63) is 59.9 Å². The predicted molar refractivity (Wildman–Crippen MR) is 88.9 cm³/mol. The second kappa shape index (κ2) is 7.31. The predicted octanol–water partition coefficient (Wildman–Crippen LogP) is 3.14. The van der Waals surface area contributed by atoms with Crippen LogP contribution in [0, 0.1) is 5.82 Å². The van der Waals surface area contributed by atoms with Gasteiger partial charge in [0.2, 0.25) is 0 Å². The molecule has 126 valence electrons. The number of ether oxygens (including phenoxy) is 2. The normalized spacial score (nSPS) is 19.8. The molecule has 2 amide bonds. The molecule has 5 nitrogen and oxygen atoms in total. The van der Waals surface area contributed by atoms with Crippen molar-refractivity contribution in [1.29, 1.82) is 0 Å². The van der Waals surface area contributed by atoms with Gasteiger partial charge in [-0.2, -0.15) is 0 Å². The van der Waals surface area contributed by atoms with Crippen LogP contribution in [0.1, 0.15) is 11.5 Å². The SMILES string of the molecule is COc1ccc([C@H]2COC[C@H]2NC(=O)Nc2ccc(F)cc2)cc1. The van der Waals surface area contributed by atoms with E-state index in [1.165, 1.54) is 24.3 Å². The van der Waals surface area contributed by atoms with E-state index < -0.39 is 0 Å². The highest BCUT2D eigenvalue weighted by atomic mass is 19.1. The summed E-state index contributed by atoms with van der Waals surface area (Å²) in [5, 5.41) is 5.61. The number of halogens is 1. The Balaban J connectivity index is 1.62. The van der Waals surface area contributed by atoms with Gasteiger partial charge in [-0.25, -0.2) is 9.18 Å². The molecule has 1 saturated heterocycles. The number of hydrogen-bond acceptors (Lipinski definition) is 3. The number of amides is 2. The van der Waals surface area contributed by atoms with E-state index in [0.717, 1.165) is 11.3 Å². The lowest BCUT2D eigenvalue weighted by Crippen LogP contribution is -2.41. The van der Waals surface area contributed by atoms with Crippen molar-refractivity contribution in [2.45, 2.75) is 12.0 Å². The van der Waals surface area contributed by atoms with Gasteiger partial charge >= 0.3 is 6.03 Å². The summed E-state index contributed by atoms with van der Waals surface area (Å²) in [6, 6.07) is 12.9. The highest BCUT2D eigenvalue weighted by molar-refractivity contribution is 5.89. The Morgan fingerprint density at radius 3 is 2.50 bits per heavy atom. The van der Waals surface area contributed by atoms with Gasteiger partial charge in [-0.1, -0.05) is 12.1 Å². The van der Waals surface area contributed by atoms with Crippen molar-refractivity contribution >= 4 is 11.7 Å². The quantitative estimate of drug-likeness (QED) is 0.905. The molecule has 2 aromatic rings. The summed E-state index contributed by atoms with van der Waals surface area (Å²) in [7, 11) is 1.62. The van der Waals surface area contributed by atoms with Crippen LogP contribution in [0.25, 0.3) is 0 Å². The molecule has 24 heavy (non-hydrogen) atoms. The molecule has 0 aliphatic carbocycles. The van der Waals surface area contributed by atoms with E-state index in [9.17, 15) is 9.18 Å². The zero-order valence-corrected chi connectivity index (χ0v) is 13.3. The molecule has 1 fully saturated rings. The van der Waals surface area contributed by atoms with E-state index in [-0.39, 0.29) is 23.8 Å². The maximum absolute atomic E-state index is 12.9. The molecule has 1 aliphatic rings. The molecule has 2 aromatic carbocycles. The molecule has 0 spiro atoms. The zero-order valence-electron chi connectivity index (χ0n) is 13.3. The van der Waals surface area contributed by atoms with Crippen molar-refractivity contribution in [1.82, 2.24) is 5.32 Å². The van der Waals surface area contributed by atoms with Gasteiger partial charge in [-0.15, -0.1) is 0 Å². The molecule has 0 aromatic heterocycles. The van der Waals surface area contributed by atoms with Crippen LogP contribution < -0.4 is 15.4 Å². The Kier molecular flexibility index (Phi) is 4.96. The highest BCUT2D eigenvalue weighted by Gasteiger charge is 2.30. The van der Waals surface area contributed by atoms with Gasteiger partial charge in [-0.3, -0.25) is 0 Å². The first kappa shape index (κ1) is 16.3. The minimum atomic E-state index is -0.343. The molecule has 0 bridgehead atoms. The number of nitrogens with one attached hydrogen (secondary N) is 2. The van der Waals surface area contributed by atoms with E-state index in [0.29, 0.717) is 18.9 Å². The third-order valence-electron chi connectivity index (χ3n) is 4.04. The molecule has 3 rings (SSSR count).